The number of nitrogens with zero attached hydrogens (tertiary/aromatic N) is 5. The van der Waals surface area contributed by atoms with E-state index < -0.39 is 10.2 Å². The van der Waals surface area contributed by atoms with E-state index in [2.05, 4.69) is 14.7 Å². The predicted molar refractivity (Wildman–Crippen MR) is 89.6 cm³/mol. The second kappa shape index (κ2) is 7.01. The van der Waals surface area contributed by atoms with Crippen LogP contribution in [0.2, 0.25) is 0 Å². The van der Waals surface area contributed by atoms with Crippen molar-refractivity contribution in [2.45, 2.75) is 38.6 Å². The van der Waals surface area contributed by atoms with Crippen molar-refractivity contribution >= 4 is 16.2 Å². The summed E-state index contributed by atoms with van der Waals surface area (Å²) in [4.78, 5) is 10.5. The SMILES string of the molecule is Cc1cc(C#N)nc(N2CCN(S(=O)(=O)NC3CCCC3)CC2)n1. The third-order valence-electron chi connectivity index (χ3n) is 4.49. The van der Waals surface area contributed by atoms with Crippen LogP contribution in [0.4, 0.5) is 5.95 Å². The number of nitrogens with one attached hydrogen (secondary N) is 1. The van der Waals surface area contributed by atoms with Crippen LogP contribution in [0.5, 0.6) is 0 Å². The molecular weight excluding hydrogens is 328 g/mol. The molecule has 0 bridgehead atoms. The van der Waals surface area contributed by atoms with Crippen LogP contribution in [0.25, 0.3) is 0 Å². The fourth-order valence-electron chi connectivity index (χ4n) is 3.21. The van der Waals surface area contributed by atoms with Gasteiger partial charge in [0.2, 0.25) is 5.95 Å². The molecule has 9 heteroatoms. The largest absolute Gasteiger partial charge is 0.338 e. The van der Waals surface area contributed by atoms with Gasteiger partial charge in [0.15, 0.2) is 0 Å². The maximum atomic E-state index is 12.5. The van der Waals surface area contributed by atoms with Crippen molar-refractivity contribution in [3.8, 4) is 6.07 Å². The predicted octanol–water partition coefficient (Wildman–Crippen LogP) is 0.556. The standard InChI is InChI=1S/C15H22N6O2S/c1-12-10-14(11-16)18-15(17-12)20-6-8-21(9-7-20)24(22,23)19-13-4-2-3-5-13/h10,13,19H,2-9H2,1H3. The molecule has 0 radical (unpaired) electrons. The monoisotopic (exact) mass is 350 g/mol. The molecule has 1 N–H and O–H groups in total. The van der Waals surface area contributed by atoms with E-state index in [-0.39, 0.29) is 6.04 Å². The molecule has 3 rings (SSSR count). The molecule has 2 heterocycles. The summed E-state index contributed by atoms with van der Waals surface area (Å²) in [5.41, 5.74) is 1.06. The van der Waals surface area contributed by atoms with Gasteiger partial charge in [-0.05, 0) is 25.8 Å². The van der Waals surface area contributed by atoms with E-state index in [0.29, 0.717) is 37.8 Å². The van der Waals surface area contributed by atoms with Crippen LogP contribution < -0.4 is 9.62 Å². The Morgan fingerprint density at radius 2 is 1.88 bits per heavy atom. The minimum Gasteiger partial charge on any atom is -0.338 e. The molecule has 130 valence electrons. The number of aromatic nitrogens is 2. The van der Waals surface area contributed by atoms with E-state index in [1.165, 1.54) is 4.31 Å². The van der Waals surface area contributed by atoms with Crippen molar-refractivity contribution in [2.75, 3.05) is 31.1 Å². The molecule has 2 aliphatic rings. The summed E-state index contributed by atoms with van der Waals surface area (Å²) in [6, 6.07) is 3.74. The fourth-order valence-corrected chi connectivity index (χ4v) is 4.66. The molecule has 0 amide bonds. The lowest BCUT2D eigenvalue weighted by Gasteiger charge is -2.34. The topological polar surface area (TPSA) is 102 Å². The molecule has 0 aromatic carbocycles. The Balaban J connectivity index is 1.63. The number of anilines is 1. The van der Waals surface area contributed by atoms with Gasteiger partial charge in [0.25, 0.3) is 10.2 Å². The van der Waals surface area contributed by atoms with Crippen LogP contribution in [-0.2, 0) is 10.2 Å². The van der Waals surface area contributed by atoms with Gasteiger partial charge in [0, 0.05) is 37.9 Å². The van der Waals surface area contributed by atoms with Crippen molar-refractivity contribution in [3.05, 3.63) is 17.5 Å². The van der Waals surface area contributed by atoms with Crippen LogP contribution >= 0.6 is 0 Å². The van der Waals surface area contributed by atoms with Gasteiger partial charge in [-0.2, -0.15) is 22.7 Å². The average molecular weight is 350 g/mol. The zero-order chi connectivity index (χ0) is 17.2. The summed E-state index contributed by atoms with van der Waals surface area (Å²) in [6.45, 7) is 3.63. The number of piperazine rings is 1. The van der Waals surface area contributed by atoms with E-state index in [9.17, 15) is 8.42 Å². The van der Waals surface area contributed by atoms with Gasteiger partial charge in [-0.1, -0.05) is 12.8 Å². The first kappa shape index (κ1) is 17.1. The summed E-state index contributed by atoms with van der Waals surface area (Å²) in [7, 11) is -3.43. The van der Waals surface area contributed by atoms with Crippen molar-refractivity contribution in [1.82, 2.24) is 19.0 Å². The molecule has 2 fully saturated rings. The molecule has 1 aliphatic heterocycles. The molecule has 1 saturated heterocycles. The first-order chi connectivity index (χ1) is 11.5. The average Bonchev–Trinajstić information content (AvgIpc) is 3.06. The number of aryl methyl sites for hydroxylation is 1. The zero-order valence-electron chi connectivity index (χ0n) is 13.8. The summed E-state index contributed by atoms with van der Waals surface area (Å²) >= 11 is 0. The maximum Gasteiger partial charge on any atom is 0.279 e. The van der Waals surface area contributed by atoms with Gasteiger partial charge in [0.1, 0.15) is 11.8 Å². The molecule has 0 atom stereocenters. The maximum absolute atomic E-state index is 12.5. The second-order valence-electron chi connectivity index (χ2n) is 6.30. The normalized spacial score (nSPS) is 20.2. The van der Waals surface area contributed by atoms with Crippen molar-refractivity contribution < 1.29 is 8.42 Å². The Labute approximate surface area is 142 Å². The molecule has 0 spiro atoms. The van der Waals surface area contributed by atoms with E-state index >= 15 is 0 Å². The van der Waals surface area contributed by atoms with E-state index in [4.69, 9.17) is 5.26 Å². The highest BCUT2D eigenvalue weighted by atomic mass is 32.2. The molecule has 1 aliphatic carbocycles. The van der Waals surface area contributed by atoms with Crippen LogP contribution in [-0.4, -0.2) is 54.9 Å². The summed E-state index contributed by atoms with van der Waals surface area (Å²) in [5.74, 6) is 0.493. The van der Waals surface area contributed by atoms with Gasteiger partial charge in [0.05, 0.1) is 0 Å². The van der Waals surface area contributed by atoms with Crippen molar-refractivity contribution in [2.24, 2.45) is 0 Å². The number of hydrogen-bond acceptors (Lipinski definition) is 6. The van der Waals surface area contributed by atoms with Crippen LogP contribution in [0.3, 0.4) is 0 Å². The Hall–Kier alpha value is -1.76. The summed E-state index contributed by atoms with van der Waals surface area (Å²) in [5, 5.41) is 9.01. The molecular formula is C15H22N6O2S. The number of nitriles is 1. The minimum absolute atomic E-state index is 0.0753. The molecule has 8 nitrogen and oxygen atoms in total. The highest BCUT2D eigenvalue weighted by Crippen LogP contribution is 2.20. The van der Waals surface area contributed by atoms with Crippen LogP contribution in [0, 0.1) is 18.3 Å². The first-order valence-electron chi connectivity index (χ1n) is 8.26. The Kier molecular flexibility index (Phi) is 4.99. The van der Waals surface area contributed by atoms with Gasteiger partial charge in [-0.15, -0.1) is 0 Å². The molecule has 0 unspecified atom stereocenters. The van der Waals surface area contributed by atoms with Gasteiger partial charge >= 0.3 is 0 Å². The lowest BCUT2D eigenvalue weighted by molar-refractivity contribution is 0.371. The Bertz CT molecular complexity index is 731. The van der Waals surface area contributed by atoms with Gasteiger partial charge in [-0.3, -0.25) is 0 Å². The van der Waals surface area contributed by atoms with Gasteiger partial charge in [-0.25, -0.2) is 9.97 Å². The lowest BCUT2D eigenvalue weighted by Crippen LogP contribution is -2.53. The zero-order valence-corrected chi connectivity index (χ0v) is 14.6. The molecule has 1 saturated carbocycles. The van der Waals surface area contributed by atoms with E-state index in [1.807, 2.05) is 17.9 Å². The Morgan fingerprint density at radius 3 is 2.50 bits per heavy atom. The van der Waals surface area contributed by atoms with E-state index in [0.717, 1.165) is 31.4 Å². The number of rotatable bonds is 4. The summed E-state index contributed by atoms with van der Waals surface area (Å²) < 4.78 is 29.2. The third-order valence-corrected chi connectivity index (χ3v) is 6.17. The smallest absolute Gasteiger partial charge is 0.279 e. The van der Waals surface area contributed by atoms with Crippen LogP contribution in [0.15, 0.2) is 6.07 Å². The highest BCUT2D eigenvalue weighted by molar-refractivity contribution is 7.87. The Morgan fingerprint density at radius 1 is 1.21 bits per heavy atom. The lowest BCUT2D eigenvalue weighted by atomic mass is 10.3. The summed E-state index contributed by atoms with van der Waals surface area (Å²) in [6.07, 6.45) is 4.03. The quantitative estimate of drug-likeness (QED) is 0.851. The molecule has 24 heavy (non-hydrogen) atoms. The van der Waals surface area contributed by atoms with Gasteiger partial charge < -0.3 is 4.90 Å². The fraction of sp³-hybridized carbons (Fsp3) is 0.667. The van der Waals surface area contributed by atoms with E-state index in [1.54, 1.807) is 6.07 Å². The second-order valence-corrected chi connectivity index (χ2v) is 8.00. The van der Waals surface area contributed by atoms with Crippen molar-refractivity contribution in [3.63, 3.8) is 0 Å². The number of hydrogen-bond donors (Lipinski definition) is 1. The third kappa shape index (κ3) is 3.83. The minimum atomic E-state index is -3.43. The van der Waals surface area contributed by atoms with Crippen molar-refractivity contribution in [1.29, 1.82) is 5.26 Å². The molecule has 1 aromatic rings. The first-order valence-corrected chi connectivity index (χ1v) is 9.70. The molecule has 1 aromatic heterocycles. The highest BCUT2D eigenvalue weighted by Gasteiger charge is 2.30. The van der Waals surface area contributed by atoms with Crippen LogP contribution in [0.1, 0.15) is 37.1 Å².